The van der Waals surface area contributed by atoms with Gasteiger partial charge in [-0.3, -0.25) is 10.1 Å². The lowest BCUT2D eigenvalue weighted by molar-refractivity contribution is -0.137. The zero-order valence-electron chi connectivity index (χ0n) is 16.4. The molecule has 0 aromatic heterocycles. The molecule has 29 heavy (non-hydrogen) atoms. The number of sulfonamides is 1. The average molecular weight is 440 g/mol. The van der Waals surface area contributed by atoms with Crippen molar-refractivity contribution in [1.82, 2.24) is 9.62 Å². The van der Waals surface area contributed by atoms with E-state index in [1.54, 1.807) is 19.1 Å². The molecule has 1 aromatic carbocycles. The van der Waals surface area contributed by atoms with Crippen molar-refractivity contribution in [3.8, 4) is 0 Å². The number of anilines is 1. The van der Waals surface area contributed by atoms with Crippen LogP contribution in [0.3, 0.4) is 0 Å². The maximum absolute atomic E-state index is 12.7. The number of piperidine rings is 1. The molecular weight excluding hydrogens is 414 g/mol. The fourth-order valence-corrected chi connectivity index (χ4v) is 4.42. The van der Waals surface area contributed by atoms with E-state index in [-0.39, 0.29) is 16.6 Å². The normalized spacial score (nSPS) is 15.8. The molecule has 2 rings (SSSR count). The lowest BCUT2D eigenvalue weighted by Crippen LogP contribution is -2.37. The summed E-state index contributed by atoms with van der Waals surface area (Å²) >= 11 is 5.04. The summed E-state index contributed by atoms with van der Waals surface area (Å²) in [7, 11) is -3.52. The molecule has 1 aliphatic rings. The fraction of sp³-hybridized carbons (Fsp3) is 0.421. The number of ether oxygens (including phenoxy) is 1. The van der Waals surface area contributed by atoms with Crippen molar-refractivity contribution < 1.29 is 22.7 Å². The number of benzene rings is 1. The first-order valence-electron chi connectivity index (χ1n) is 9.29. The number of amides is 1. The molecular formula is C19H25N3O5S2. The maximum Gasteiger partial charge on any atom is 0.330 e. The van der Waals surface area contributed by atoms with Gasteiger partial charge in [0.15, 0.2) is 5.11 Å². The lowest BCUT2D eigenvalue weighted by Gasteiger charge is -2.29. The molecule has 0 radical (unpaired) electrons. The Morgan fingerprint density at radius 1 is 1.21 bits per heavy atom. The van der Waals surface area contributed by atoms with E-state index in [0.717, 1.165) is 25.0 Å². The Morgan fingerprint density at radius 2 is 1.83 bits per heavy atom. The zero-order chi connectivity index (χ0) is 21.4. The first-order chi connectivity index (χ1) is 13.7. The van der Waals surface area contributed by atoms with Gasteiger partial charge in [-0.15, -0.1) is 0 Å². The molecule has 1 aliphatic heterocycles. The standard InChI is InChI=1S/C19H25N3O5S2/c1-3-27-18(24)9-8-17(23)21-19(28)20-15-4-6-16(7-5-15)29(25,26)22-12-10-14(2)11-13-22/h4-9,14H,3,10-13H2,1-2H3,(H2,20,21,23,28)/b9-8+. The van der Waals surface area contributed by atoms with Crippen LogP contribution in [-0.4, -0.2) is 49.4 Å². The molecule has 1 saturated heterocycles. The quantitative estimate of drug-likeness (QED) is 0.397. The first kappa shape index (κ1) is 23.0. The van der Waals surface area contributed by atoms with Gasteiger partial charge in [0.1, 0.15) is 0 Å². The van der Waals surface area contributed by atoms with Crippen molar-refractivity contribution in [2.45, 2.75) is 31.6 Å². The smallest absolute Gasteiger partial charge is 0.330 e. The minimum Gasteiger partial charge on any atom is -0.463 e. The molecule has 0 spiro atoms. The van der Waals surface area contributed by atoms with Crippen molar-refractivity contribution in [3.05, 3.63) is 36.4 Å². The Labute approximate surface area is 176 Å². The van der Waals surface area contributed by atoms with E-state index in [0.29, 0.717) is 24.7 Å². The van der Waals surface area contributed by atoms with Gasteiger partial charge in [-0.25, -0.2) is 13.2 Å². The highest BCUT2D eigenvalue weighted by molar-refractivity contribution is 7.89. The number of nitrogens with zero attached hydrogens (tertiary/aromatic N) is 1. The number of hydrogen-bond donors (Lipinski definition) is 2. The molecule has 0 unspecified atom stereocenters. The second-order valence-electron chi connectivity index (χ2n) is 6.64. The summed E-state index contributed by atoms with van der Waals surface area (Å²) in [6.07, 6.45) is 3.73. The van der Waals surface area contributed by atoms with Crippen molar-refractivity contribution in [1.29, 1.82) is 0 Å². The van der Waals surface area contributed by atoms with Crippen LogP contribution in [0.15, 0.2) is 41.3 Å². The van der Waals surface area contributed by atoms with Gasteiger partial charge >= 0.3 is 5.97 Å². The van der Waals surface area contributed by atoms with Crippen LogP contribution in [0.2, 0.25) is 0 Å². The Kier molecular flexibility index (Phi) is 8.30. The number of nitrogens with one attached hydrogen (secondary N) is 2. The number of hydrogen-bond acceptors (Lipinski definition) is 6. The molecule has 1 heterocycles. The molecule has 0 saturated carbocycles. The molecule has 1 amide bonds. The van der Waals surface area contributed by atoms with Gasteiger partial charge in [-0.1, -0.05) is 6.92 Å². The lowest BCUT2D eigenvalue weighted by atomic mass is 10.0. The Morgan fingerprint density at radius 3 is 2.41 bits per heavy atom. The molecule has 0 atom stereocenters. The third kappa shape index (κ3) is 6.91. The summed E-state index contributed by atoms with van der Waals surface area (Å²) in [5, 5.41) is 5.20. The highest BCUT2D eigenvalue weighted by atomic mass is 32.2. The Hall–Kier alpha value is -2.30. The number of carbonyl (C=O) groups excluding carboxylic acids is 2. The largest absolute Gasteiger partial charge is 0.463 e. The van der Waals surface area contributed by atoms with E-state index in [9.17, 15) is 18.0 Å². The van der Waals surface area contributed by atoms with Gasteiger partial charge < -0.3 is 10.1 Å². The van der Waals surface area contributed by atoms with Gasteiger partial charge in [0.2, 0.25) is 15.9 Å². The van der Waals surface area contributed by atoms with Crippen molar-refractivity contribution in [2.75, 3.05) is 25.0 Å². The van der Waals surface area contributed by atoms with Crippen molar-refractivity contribution >= 4 is 44.9 Å². The average Bonchev–Trinajstić information content (AvgIpc) is 2.67. The van der Waals surface area contributed by atoms with Crippen LogP contribution in [0.1, 0.15) is 26.7 Å². The fourth-order valence-electron chi connectivity index (χ4n) is 2.73. The monoisotopic (exact) mass is 439 g/mol. The maximum atomic E-state index is 12.7. The third-order valence-corrected chi connectivity index (χ3v) is 6.50. The van der Waals surface area contributed by atoms with E-state index < -0.39 is 21.9 Å². The zero-order valence-corrected chi connectivity index (χ0v) is 18.0. The predicted octanol–water partition coefficient (Wildman–Crippen LogP) is 2.04. The van der Waals surface area contributed by atoms with Gasteiger partial charge in [-0.2, -0.15) is 4.31 Å². The number of esters is 1. The molecule has 158 valence electrons. The summed E-state index contributed by atoms with van der Waals surface area (Å²) in [4.78, 5) is 23.1. The van der Waals surface area contributed by atoms with E-state index >= 15 is 0 Å². The minimum absolute atomic E-state index is 0.0177. The van der Waals surface area contributed by atoms with Crippen LogP contribution in [0, 0.1) is 5.92 Å². The van der Waals surface area contributed by atoms with Gasteiger partial charge in [0.05, 0.1) is 11.5 Å². The van der Waals surface area contributed by atoms with Crippen LogP contribution in [0.4, 0.5) is 5.69 Å². The van der Waals surface area contributed by atoms with Gasteiger partial charge in [-0.05, 0) is 62.2 Å². The highest BCUT2D eigenvalue weighted by Crippen LogP contribution is 2.24. The van der Waals surface area contributed by atoms with Crippen LogP contribution >= 0.6 is 12.2 Å². The minimum atomic E-state index is -3.52. The van der Waals surface area contributed by atoms with Crippen LogP contribution < -0.4 is 10.6 Å². The number of carbonyl (C=O) groups is 2. The topological polar surface area (TPSA) is 105 Å². The SMILES string of the molecule is CCOC(=O)/C=C/C(=O)NC(=S)Nc1ccc(S(=O)(=O)N2CCC(C)CC2)cc1. The molecule has 0 bridgehead atoms. The van der Waals surface area contributed by atoms with Crippen LogP contribution in [0.5, 0.6) is 0 Å². The number of thiocarbonyl (C=S) groups is 1. The Bertz CT molecular complexity index is 874. The van der Waals surface area contributed by atoms with E-state index in [2.05, 4.69) is 22.3 Å². The summed E-state index contributed by atoms with van der Waals surface area (Å²) in [6.45, 7) is 5.05. The molecule has 2 N–H and O–H groups in total. The third-order valence-electron chi connectivity index (χ3n) is 4.39. The molecule has 10 heteroatoms. The summed E-state index contributed by atoms with van der Waals surface area (Å²) in [6, 6.07) is 6.15. The number of rotatable bonds is 6. The summed E-state index contributed by atoms with van der Waals surface area (Å²) < 4.78 is 31.6. The molecule has 1 fully saturated rings. The van der Waals surface area contributed by atoms with E-state index in [1.165, 1.54) is 16.4 Å². The second kappa shape index (κ2) is 10.5. The molecule has 1 aromatic rings. The highest BCUT2D eigenvalue weighted by Gasteiger charge is 2.27. The molecule has 0 aliphatic carbocycles. The summed E-state index contributed by atoms with van der Waals surface area (Å²) in [5.74, 6) is -0.674. The van der Waals surface area contributed by atoms with Crippen LogP contribution in [-0.2, 0) is 24.3 Å². The molecule has 8 nitrogen and oxygen atoms in total. The predicted molar refractivity (Wildman–Crippen MR) is 114 cm³/mol. The second-order valence-corrected chi connectivity index (χ2v) is 8.99. The summed E-state index contributed by atoms with van der Waals surface area (Å²) in [5.41, 5.74) is 0.524. The Balaban J connectivity index is 1.92. The van der Waals surface area contributed by atoms with Crippen LogP contribution in [0.25, 0.3) is 0 Å². The van der Waals surface area contributed by atoms with Crippen molar-refractivity contribution in [3.63, 3.8) is 0 Å². The van der Waals surface area contributed by atoms with Crippen molar-refractivity contribution in [2.24, 2.45) is 5.92 Å². The van der Waals surface area contributed by atoms with Gasteiger partial charge in [0, 0.05) is 30.9 Å². The van der Waals surface area contributed by atoms with E-state index in [4.69, 9.17) is 12.2 Å². The van der Waals surface area contributed by atoms with Gasteiger partial charge in [0.25, 0.3) is 0 Å². The first-order valence-corrected chi connectivity index (χ1v) is 11.1. The van der Waals surface area contributed by atoms with E-state index in [1.807, 2.05) is 0 Å².